The van der Waals surface area contributed by atoms with Crippen LogP contribution in [0.2, 0.25) is 0 Å². The largest absolute Gasteiger partial charge is 0.494 e. The monoisotopic (exact) mass is 719 g/mol. The molecule has 2 N–H and O–H groups in total. The minimum absolute atomic E-state index is 0.0836. The predicted molar refractivity (Wildman–Crippen MR) is 208 cm³/mol. The summed E-state index contributed by atoms with van der Waals surface area (Å²) in [6.45, 7) is 10.8. The number of rotatable bonds is 20. The lowest BCUT2D eigenvalue weighted by Gasteiger charge is -2.21. The maximum absolute atomic E-state index is 13.6. The summed E-state index contributed by atoms with van der Waals surface area (Å²) in [5, 5.41) is 12.3. The first-order valence-electron chi connectivity index (χ1n) is 18.7. The Bertz CT molecular complexity index is 1790. The van der Waals surface area contributed by atoms with Crippen LogP contribution in [-0.2, 0) is 26.2 Å². The quantitative estimate of drug-likeness (QED) is 0.0683. The number of ether oxygens (including phenoxy) is 1. The van der Waals surface area contributed by atoms with Gasteiger partial charge in [-0.05, 0) is 47.1 Å². The molecule has 0 radical (unpaired) electrons. The number of Topliss-reactive ketones (excluding diaryl/α,β-unsaturated/α-hetero) is 2. The second-order valence-corrected chi connectivity index (χ2v) is 14.6. The van der Waals surface area contributed by atoms with Crippen molar-refractivity contribution < 1.29 is 29.0 Å². The van der Waals surface area contributed by atoms with Gasteiger partial charge in [0.1, 0.15) is 17.6 Å². The fraction of sp³-hybridized carbons (Fsp3) is 0.409. The standard InChI is InChI=1S/C44H53N3O6/c1-6-8-9-10-11-24-53-38-22-18-31(19-23-38)35-28-45-41(46-29-35)33-14-12-30(13-15-33)25-34(42(50)47-39(43(51)52)27-37(48)7-2)26-40(49)32-16-20-36(21-17-32)44(3,4)5/h12-23,28-29,34,39H,6-11,24-27H2,1-5H3,(H,47,50)(H,51,52)/t34-,39-/m1/s1. The number of carboxylic acids is 1. The maximum Gasteiger partial charge on any atom is 0.326 e. The van der Waals surface area contributed by atoms with Gasteiger partial charge in [-0.1, -0.05) is 121 Å². The van der Waals surface area contributed by atoms with Crippen molar-refractivity contribution in [2.24, 2.45) is 5.92 Å². The van der Waals surface area contributed by atoms with E-state index in [9.17, 15) is 24.3 Å². The predicted octanol–water partition coefficient (Wildman–Crippen LogP) is 8.83. The van der Waals surface area contributed by atoms with E-state index in [1.807, 2.05) is 60.7 Å². The summed E-state index contributed by atoms with van der Waals surface area (Å²) in [6, 6.07) is 21.3. The average Bonchev–Trinajstić information content (AvgIpc) is 3.15. The van der Waals surface area contributed by atoms with E-state index in [-0.39, 0.29) is 42.7 Å². The van der Waals surface area contributed by atoms with E-state index in [0.29, 0.717) is 18.0 Å². The molecule has 9 heteroatoms. The first kappa shape index (κ1) is 40.6. The van der Waals surface area contributed by atoms with Crippen molar-refractivity contribution in [3.8, 4) is 28.3 Å². The smallest absolute Gasteiger partial charge is 0.326 e. The number of nitrogens with one attached hydrogen (secondary N) is 1. The molecule has 0 aliphatic heterocycles. The molecule has 0 aliphatic rings. The summed E-state index contributed by atoms with van der Waals surface area (Å²) in [7, 11) is 0. The fourth-order valence-corrected chi connectivity index (χ4v) is 5.96. The molecule has 1 amide bonds. The lowest BCUT2D eigenvalue weighted by atomic mass is 9.85. The first-order chi connectivity index (χ1) is 25.4. The molecule has 0 spiro atoms. The summed E-state index contributed by atoms with van der Waals surface area (Å²) in [4.78, 5) is 60.2. The molecule has 4 aromatic rings. The van der Waals surface area contributed by atoms with E-state index < -0.39 is 23.8 Å². The Balaban J connectivity index is 1.44. The van der Waals surface area contributed by atoms with Crippen molar-refractivity contribution in [2.75, 3.05) is 6.61 Å². The van der Waals surface area contributed by atoms with E-state index in [1.54, 1.807) is 31.5 Å². The molecule has 0 bridgehead atoms. The Morgan fingerprint density at radius 3 is 1.96 bits per heavy atom. The summed E-state index contributed by atoms with van der Waals surface area (Å²) in [5.41, 5.74) is 4.89. The molecule has 4 rings (SSSR count). The molecule has 0 saturated heterocycles. The van der Waals surface area contributed by atoms with Gasteiger partial charge in [0.15, 0.2) is 11.6 Å². The van der Waals surface area contributed by atoms with E-state index >= 15 is 0 Å². The van der Waals surface area contributed by atoms with Crippen LogP contribution in [0.5, 0.6) is 5.75 Å². The van der Waals surface area contributed by atoms with Gasteiger partial charge in [-0.3, -0.25) is 14.4 Å². The molecule has 0 aliphatic carbocycles. The molecule has 9 nitrogen and oxygen atoms in total. The topological polar surface area (TPSA) is 136 Å². The summed E-state index contributed by atoms with van der Waals surface area (Å²) in [6.07, 6.45) is 9.42. The molecule has 2 atom stereocenters. The van der Waals surface area contributed by atoms with Gasteiger partial charge in [0.05, 0.1) is 6.61 Å². The number of hydrogen-bond donors (Lipinski definition) is 2. The van der Waals surface area contributed by atoms with E-state index in [1.165, 1.54) is 25.7 Å². The molecule has 0 fully saturated rings. The van der Waals surface area contributed by atoms with Crippen molar-refractivity contribution in [2.45, 2.75) is 104 Å². The zero-order valence-electron chi connectivity index (χ0n) is 31.7. The number of aliphatic carboxylic acids is 1. The fourth-order valence-electron chi connectivity index (χ4n) is 5.96. The number of carbonyl (C=O) groups is 4. The van der Waals surface area contributed by atoms with Crippen molar-refractivity contribution in [1.82, 2.24) is 15.3 Å². The Labute approximate surface area is 313 Å². The molecular weight excluding hydrogens is 666 g/mol. The summed E-state index contributed by atoms with van der Waals surface area (Å²) in [5.74, 6) is -1.88. The van der Waals surface area contributed by atoms with Crippen LogP contribution in [0, 0.1) is 5.92 Å². The number of hydrogen-bond acceptors (Lipinski definition) is 7. The number of amides is 1. The minimum Gasteiger partial charge on any atom is -0.494 e. The number of carbonyl (C=O) groups excluding carboxylic acids is 3. The van der Waals surface area contributed by atoms with Crippen LogP contribution >= 0.6 is 0 Å². The third kappa shape index (κ3) is 12.5. The number of ketones is 2. The molecule has 0 unspecified atom stereocenters. The molecular formula is C44H53N3O6. The third-order valence-corrected chi connectivity index (χ3v) is 9.37. The van der Waals surface area contributed by atoms with E-state index in [2.05, 4.69) is 43.0 Å². The molecule has 0 saturated carbocycles. The Morgan fingerprint density at radius 2 is 1.38 bits per heavy atom. The summed E-state index contributed by atoms with van der Waals surface area (Å²) >= 11 is 0. The van der Waals surface area contributed by atoms with Crippen molar-refractivity contribution >= 4 is 23.4 Å². The SMILES string of the molecule is CCCCCCCOc1ccc(-c2cnc(-c3ccc(C[C@H](CC(=O)c4ccc(C(C)(C)C)cc4)C(=O)N[C@H](CC(=O)CC)C(=O)O)cc3)nc2)cc1. The van der Waals surface area contributed by atoms with Crippen LogP contribution < -0.4 is 10.1 Å². The highest BCUT2D eigenvalue weighted by Crippen LogP contribution is 2.26. The Morgan fingerprint density at radius 1 is 0.755 bits per heavy atom. The second-order valence-electron chi connectivity index (χ2n) is 14.6. The number of unbranched alkanes of at least 4 members (excludes halogenated alkanes) is 4. The van der Waals surface area contributed by atoms with Crippen LogP contribution in [0.15, 0.2) is 85.2 Å². The van der Waals surface area contributed by atoms with Gasteiger partial charge >= 0.3 is 5.97 Å². The Hall–Kier alpha value is -5.18. The zero-order valence-corrected chi connectivity index (χ0v) is 31.7. The first-order valence-corrected chi connectivity index (χ1v) is 18.7. The van der Waals surface area contributed by atoms with Gasteiger partial charge in [-0.15, -0.1) is 0 Å². The van der Waals surface area contributed by atoms with Crippen LogP contribution in [0.1, 0.15) is 107 Å². The van der Waals surface area contributed by atoms with E-state index in [4.69, 9.17) is 4.74 Å². The maximum atomic E-state index is 13.6. The number of carboxylic acid groups (broad SMARTS) is 1. The van der Waals surface area contributed by atoms with Crippen LogP contribution in [0.3, 0.4) is 0 Å². The third-order valence-electron chi connectivity index (χ3n) is 9.37. The highest BCUT2D eigenvalue weighted by molar-refractivity contribution is 5.99. The molecule has 1 heterocycles. The van der Waals surface area contributed by atoms with Gasteiger partial charge in [-0.25, -0.2) is 14.8 Å². The average molecular weight is 720 g/mol. The van der Waals surface area contributed by atoms with Gasteiger partial charge in [-0.2, -0.15) is 0 Å². The lowest BCUT2D eigenvalue weighted by Crippen LogP contribution is -2.45. The van der Waals surface area contributed by atoms with Crippen LogP contribution in [-0.4, -0.2) is 51.2 Å². The summed E-state index contributed by atoms with van der Waals surface area (Å²) < 4.78 is 5.89. The minimum atomic E-state index is -1.38. The molecule has 3 aromatic carbocycles. The van der Waals surface area contributed by atoms with Gasteiger partial charge < -0.3 is 15.2 Å². The second kappa shape index (κ2) is 19.6. The highest BCUT2D eigenvalue weighted by Gasteiger charge is 2.29. The molecule has 1 aromatic heterocycles. The van der Waals surface area contributed by atoms with Crippen molar-refractivity contribution in [3.63, 3.8) is 0 Å². The number of nitrogens with zero attached hydrogens (tertiary/aromatic N) is 2. The van der Waals surface area contributed by atoms with Crippen molar-refractivity contribution in [1.29, 1.82) is 0 Å². The number of benzene rings is 3. The highest BCUT2D eigenvalue weighted by atomic mass is 16.5. The Kier molecular flexibility index (Phi) is 15.0. The molecule has 53 heavy (non-hydrogen) atoms. The zero-order chi connectivity index (χ0) is 38.4. The lowest BCUT2D eigenvalue weighted by molar-refractivity contribution is -0.144. The van der Waals surface area contributed by atoms with Crippen LogP contribution in [0.4, 0.5) is 0 Å². The van der Waals surface area contributed by atoms with E-state index in [0.717, 1.165) is 40.0 Å². The van der Waals surface area contributed by atoms with Gasteiger partial charge in [0.2, 0.25) is 5.91 Å². The normalized spacial score (nSPS) is 12.5. The molecule has 280 valence electrons. The van der Waals surface area contributed by atoms with Gasteiger partial charge in [0.25, 0.3) is 0 Å². The van der Waals surface area contributed by atoms with Crippen molar-refractivity contribution in [3.05, 3.63) is 102 Å². The number of aromatic nitrogens is 2. The van der Waals surface area contributed by atoms with Gasteiger partial charge in [0, 0.05) is 54.3 Å². The van der Waals surface area contributed by atoms with Crippen LogP contribution in [0.25, 0.3) is 22.5 Å².